The summed E-state index contributed by atoms with van der Waals surface area (Å²) in [6, 6.07) is 15.9. The number of aromatic nitrogens is 3. The van der Waals surface area contributed by atoms with E-state index in [0.717, 1.165) is 86.1 Å². The highest BCUT2D eigenvalue weighted by Crippen LogP contribution is 2.49. The van der Waals surface area contributed by atoms with Crippen LogP contribution >= 0.6 is 11.6 Å². The molecule has 1 N–H and O–H groups in total. The maximum Gasteiger partial charge on any atom is 0.325 e. The molecular weight excluding hydrogens is 594 g/mol. The van der Waals surface area contributed by atoms with E-state index in [1.807, 2.05) is 44.2 Å². The number of fused-ring (bicyclic) bond motifs is 2. The second-order valence-electron chi connectivity index (χ2n) is 12.0. The lowest BCUT2D eigenvalue weighted by Crippen LogP contribution is -2.35. The van der Waals surface area contributed by atoms with Crippen molar-refractivity contribution in [3.05, 3.63) is 76.8 Å². The van der Waals surface area contributed by atoms with Crippen LogP contribution in [0.15, 0.2) is 54.7 Å². The number of carbonyl (C=O) groups excluding carboxylic acids is 1. The highest BCUT2D eigenvalue weighted by Gasteiger charge is 2.42. The number of nitrogens with zero attached hydrogens (tertiary/aromatic N) is 4. The van der Waals surface area contributed by atoms with Crippen LogP contribution in [0.1, 0.15) is 56.1 Å². The molecule has 3 aliphatic rings. The van der Waals surface area contributed by atoms with Crippen molar-refractivity contribution in [2.24, 2.45) is 0 Å². The summed E-state index contributed by atoms with van der Waals surface area (Å²) in [6.07, 6.45) is 4.86. The lowest BCUT2D eigenvalue weighted by Gasteiger charge is -2.33. The third-order valence-corrected chi connectivity index (χ3v) is 9.17. The zero-order chi connectivity index (χ0) is 31.0. The van der Waals surface area contributed by atoms with E-state index >= 15 is 0 Å². The summed E-state index contributed by atoms with van der Waals surface area (Å²) in [5.41, 5.74) is 4.71. The number of para-hydroxylation sites is 1. The zero-order valence-electron chi connectivity index (χ0n) is 25.6. The smallest absolute Gasteiger partial charge is 0.325 e. The summed E-state index contributed by atoms with van der Waals surface area (Å²) in [5.74, 6) is 1.68. The van der Waals surface area contributed by atoms with Crippen LogP contribution in [0.25, 0.3) is 11.0 Å². The minimum absolute atomic E-state index is 0.125. The fourth-order valence-corrected chi connectivity index (χ4v) is 6.56. The van der Waals surface area contributed by atoms with Gasteiger partial charge in [-0.1, -0.05) is 23.7 Å². The van der Waals surface area contributed by atoms with Crippen LogP contribution in [0.5, 0.6) is 11.5 Å². The summed E-state index contributed by atoms with van der Waals surface area (Å²) in [6.45, 7) is 8.41. The molecule has 0 radical (unpaired) electrons. The van der Waals surface area contributed by atoms with Crippen molar-refractivity contribution < 1.29 is 23.7 Å². The van der Waals surface area contributed by atoms with Crippen molar-refractivity contribution >= 4 is 34.3 Å². The molecule has 0 aliphatic carbocycles. The second-order valence-corrected chi connectivity index (χ2v) is 12.5. The molecule has 0 amide bonds. The Kier molecular flexibility index (Phi) is 8.29. The standard InChI is InChI=1S/C34H38ClN5O5/c1-3-42-32(41)19-36-24-8-9-27-28(17-24)40(20-25-13-16-43-25)31(38-27)21-39-14-11-22(12-15-39)26-5-4-6-29-33(26)45-34(2,44-29)30-10-7-23(35)18-37-30/h4-10,17-18,22,25,36H,3,11-16,19-21H2,1-2H3/t25-,34-/m0/s1. The normalized spacial score (nSPS) is 21.5. The van der Waals surface area contributed by atoms with Gasteiger partial charge in [0.2, 0.25) is 0 Å². The maximum absolute atomic E-state index is 11.9. The van der Waals surface area contributed by atoms with Gasteiger partial charge in [-0.2, -0.15) is 0 Å². The third kappa shape index (κ3) is 6.19. The highest BCUT2D eigenvalue weighted by molar-refractivity contribution is 6.30. The van der Waals surface area contributed by atoms with Gasteiger partial charge >= 0.3 is 5.97 Å². The minimum atomic E-state index is -0.999. The van der Waals surface area contributed by atoms with Crippen molar-refractivity contribution in [3.8, 4) is 11.5 Å². The van der Waals surface area contributed by atoms with Crippen LogP contribution < -0.4 is 14.8 Å². The number of ether oxygens (including phenoxy) is 4. The molecule has 2 fully saturated rings. The number of piperidine rings is 1. The van der Waals surface area contributed by atoms with Gasteiger partial charge in [0.25, 0.3) is 5.79 Å². The Bertz CT molecular complexity index is 1680. The number of hydrogen-bond donors (Lipinski definition) is 1. The molecule has 2 aromatic heterocycles. The first-order chi connectivity index (χ1) is 21.9. The number of halogens is 1. The second kappa shape index (κ2) is 12.5. The number of pyridine rings is 1. The van der Waals surface area contributed by atoms with Crippen LogP contribution in [0.4, 0.5) is 5.69 Å². The van der Waals surface area contributed by atoms with Crippen LogP contribution in [0, 0.1) is 0 Å². The van der Waals surface area contributed by atoms with Crippen molar-refractivity contribution in [1.29, 1.82) is 0 Å². The van der Waals surface area contributed by atoms with Crippen LogP contribution in [-0.2, 0) is 33.1 Å². The number of imidazole rings is 1. The molecule has 236 valence electrons. The van der Waals surface area contributed by atoms with Gasteiger partial charge in [-0.15, -0.1) is 0 Å². The van der Waals surface area contributed by atoms with Crippen molar-refractivity contribution in [1.82, 2.24) is 19.4 Å². The Balaban J connectivity index is 1.05. The average Bonchev–Trinajstić information content (AvgIpc) is 3.55. The molecule has 10 nitrogen and oxygen atoms in total. The SMILES string of the molecule is CCOC(=O)CNc1ccc2nc(CN3CCC(c4cccc5c4O[C@@](C)(c4ccc(Cl)cn4)O5)CC3)n(C[C@@H]3CCO3)c2c1. The topological polar surface area (TPSA) is 100.0 Å². The monoisotopic (exact) mass is 631 g/mol. The largest absolute Gasteiger partial charge is 0.465 e. The lowest BCUT2D eigenvalue weighted by molar-refractivity contribution is -0.140. The average molecular weight is 632 g/mol. The number of nitrogens with one attached hydrogen (secondary N) is 1. The van der Waals surface area contributed by atoms with Crippen molar-refractivity contribution in [2.75, 3.05) is 38.2 Å². The summed E-state index contributed by atoms with van der Waals surface area (Å²) in [7, 11) is 0. The van der Waals surface area contributed by atoms with E-state index in [1.165, 1.54) is 5.56 Å². The van der Waals surface area contributed by atoms with E-state index < -0.39 is 5.79 Å². The number of esters is 1. The summed E-state index contributed by atoms with van der Waals surface area (Å²) < 4.78 is 26.0. The fourth-order valence-electron chi connectivity index (χ4n) is 6.45. The molecule has 2 saturated heterocycles. The Hall–Kier alpha value is -3.86. The van der Waals surface area contributed by atoms with Gasteiger partial charge in [0.05, 0.1) is 41.9 Å². The van der Waals surface area contributed by atoms with Gasteiger partial charge in [-0.25, -0.2) is 4.98 Å². The number of benzene rings is 2. The Morgan fingerprint density at radius 2 is 1.98 bits per heavy atom. The molecule has 11 heteroatoms. The van der Waals surface area contributed by atoms with E-state index in [-0.39, 0.29) is 18.6 Å². The number of hydrogen-bond acceptors (Lipinski definition) is 9. The molecule has 0 saturated carbocycles. The zero-order valence-corrected chi connectivity index (χ0v) is 26.4. The Morgan fingerprint density at radius 3 is 2.71 bits per heavy atom. The van der Waals surface area contributed by atoms with Crippen LogP contribution in [0.2, 0.25) is 5.02 Å². The highest BCUT2D eigenvalue weighted by atomic mass is 35.5. The first-order valence-electron chi connectivity index (χ1n) is 15.7. The van der Waals surface area contributed by atoms with E-state index in [4.69, 9.17) is 35.5 Å². The lowest BCUT2D eigenvalue weighted by atomic mass is 9.88. The molecule has 4 aromatic rings. The summed E-state index contributed by atoms with van der Waals surface area (Å²) in [4.78, 5) is 23.9. The van der Waals surface area contributed by atoms with Crippen LogP contribution in [-0.4, -0.2) is 64.4 Å². The van der Waals surface area contributed by atoms with Gasteiger partial charge in [-0.3, -0.25) is 14.7 Å². The van der Waals surface area contributed by atoms with Crippen LogP contribution in [0.3, 0.4) is 0 Å². The quantitative estimate of drug-likeness (QED) is 0.215. The number of anilines is 1. The Morgan fingerprint density at radius 1 is 1.13 bits per heavy atom. The maximum atomic E-state index is 11.9. The van der Waals surface area contributed by atoms with E-state index in [2.05, 4.69) is 31.9 Å². The molecule has 2 aromatic carbocycles. The van der Waals surface area contributed by atoms with E-state index in [0.29, 0.717) is 23.2 Å². The van der Waals surface area contributed by atoms with Gasteiger partial charge in [-0.05, 0) is 81.6 Å². The number of likely N-dealkylation sites (tertiary alicyclic amines) is 1. The minimum Gasteiger partial charge on any atom is -0.465 e. The molecule has 45 heavy (non-hydrogen) atoms. The van der Waals surface area contributed by atoms with Gasteiger partial charge in [0, 0.05) is 31.0 Å². The first-order valence-corrected chi connectivity index (χ1v) is 16.1. The molecule has 0 spiro atoms. The molecule has 0 unspecified atom stereocenters. The van der Waals surface area contributed by atoms with Gasteiger partial charge in [0.1, 0.15) is 18.1 Å². The fraction of sp³-hybridized carbons (Fsp3) is 0.441. The van der Waals surface area contributed by atoms with Crippen molar-refractivity contribution in [2.45, 2.75) is 64.0 Å². The van der Waals surface area contributed by atoms with Gasteiger partial charge < -0.3 is 28.8 Å². The van der Waals surface area contributed by atoms with E-state index in [1.54, 1.807) is 12.3 Å². The molecular formula is C34H38ClN5O5. The molecule has 2 atom stereocenters. The molecule has 3 aliphatic heterocycles. The molecule has 5 heterocycles. The number of carbonyl (C=O) groups is 1. The van der Waals surface area contributed by atoms with E-state index in [9.17, 15) is 4.79 Å². The summed E-state index contributed by atoms with van der Waals surface area (Å²) >= 11 is 6.06. The summed E-state index contributed by atoms with van der Waals surface area (Å²) in [5, 5.41) is 3.76. The van der Waals surface area contributed by atoms with Gasteiger partial charge in [0.15, 0.2) is 11.5 Å². The number of rotatable bonds is 10. The predicted octanol–water partition coefficient (Wildman–Crippen LogP) is 5.87. The van der Waals surface area contributed by atoms with Crippen molar-refractivity contribution in [3.63, 3.8) is 0 Å². The molecule has 7 rings (SSSR count). The predicted molar refractivity (Wildman–Crippen MR) is 171 cm³/mol. The first kappa shape index (κ1) is 29.8. The Labute approximate surface area is 267 Å². The third-order valence-electron chi connectivity index (χ3n) is 8.95. The molecule has 0 bridgehead atoms.